The number of rotatable bonds is 6. The van der Waals surface area contributed by atoms with E-state index in [0.717, 1.165) is 37.4 Å². The van der Waals surface area contributed by atoms with E-state index in [2.05, 4.69) is 5.32 Å². The van der Waals surface area contributed by atoms with Crippen molar-refractivity contribution in [3.8, 4) is 5.75 Å². The summed E-state index contributed by atoms with van der Waals surface area (Å²) in [6, 6.07) is 5.02. The van der Waals surface area contributed by atoms with Crippen molar-refractivity contribution in [3.63, 3.8) is 0 Å². The number of carboxylic acid groups (broad SMARTS) is 1. The van der Waals surface area contributed by atoms with E-state index in [-0.39, 0.29) is 21.6 Å². The smallest absolute Gasteiger partial charge is 0.311 e. The minimum absolute atomic E-state index is 0.250. The molecule has 35 heavy (non-hydrogen) atoms. The lowest BCUT2D eigenvalue weighted by Gasteiger charge is -2.20. The van der Waals surface area contributed by atoms with Gasteiger partial charge in [0.25, 0.3) is 11.1 Å². The first kappa shape index (κ1) is 27.3. The molecular formula is C26H32ClNO6S. The molecule has 2 N–H and O–H groups in total. The number of carboxylic acids is 1. The van der Waals surface area contributed by atoms with Crippen LogP contribution in [0.5, 0.6) is 5.75 Å². The zero-order chi connectivity index (χ0) is 25.2. The molecule has 0 atom stereocenters. The van der Waals surface area contributed by atoms with Crippen LogP contribution in [-0.4, -0.2) is 28.2 Å². The number of esters is 1. The Hall–Kier alpha value is -2.32. The van der Waals surface area contributed by atoms with E-state index in [1.165, 1.54) is 44.6 Å². The van der Waals surface area contributed by atoms with Gasteiger partial charge in [-0.25, -0.2) is 0 Å². The van der Waals surface area contributed by atoms with Crippen molar-refractivity contribution >= 4 is 52.5 Å². The Morgan fingerprint density at radius 1 is 1.00 bits per heavy atom. The third kappa shape index (κ3) is 9.00. The maximum atomic E-state index is 12.2. The largest absolute Gasteiger partial charge is 0.481 e. The van der Waals surface area contributed by atoms with E-state index < -0.39 is 17.1 Å². The normalized spacial score (nSPS) is 20.2. The summed E-state index contributed by atoms with van der Waals surface area (Å²) in [6.07, 6.45) is 14.0. The Kier molecular flexibility index (Phi) is 10.7. The highest BCUT2D eigenvalue weighted by Gasteiger charge is 2.26. The third-order valence-electron chi connectivity index (χ3n) is 6.51. The molecule has 4 rings (SSSR count). The Morgan fingerprint density at radius 3 is 2.14 bits per heavy atom. The number of nitrogens with one attached hydrogen (secondary N) is 1. The molecule has 0 radical (unpaired) electrons. The molecule has 2 amide bonds. The zero-order valence-corrected chi connectivity index (χ0v) is 21.3. The molecule has 3 fully saturated rings. The highest BCUT2D eigenvalue weighted by Crippen LogP contribution is 2.34. The second-order valence-corrected chi connectivity index (χ2v) is 10.7. The van der Waals surface area contributed by atoms with Crippen molar-refractivity contribution in [2.45, 2.75) is 77.0 Å². The first-order chi connectivity index (χ1) is 16.8. The van der Waals surface area contributed by atoms with Crippen molar-refractivity contribution in [2.75, 3.05) is 0 Å². The molecule has 0 unspecified atom stereocenters. The molecule has 0 spiro atoms. The van der Waals surface area contributed by atoms with Crippen molar-refractivity contribution in [3.05, 3.63) is 33.7 Å². The minimum Gasteiger partial charge on any atom is -0.481 e. The number of halogens is 1. The number of aliphatic carboxylic acids is 1. The van der Waals surface area contributed by atoms with Crippen LogP contribution in [0, 0.1) is 11.8 Å². The maximum Gasteiger partial charge on any atom is 0.311 e. The lowest BCUT2D eigenvalue weighted by molar-refractivity contribution is -0.138. The van der Waals surface area contributed by atoms with Gasteiger partial charge in [0.15, 0.2) is 0 Å². The van der Waals surface area contributed by atoms with Crippen molar-refractivity contribution in [1.82, 2.24) is 5.32 Å². The van der Waals surface area contributed by atoms with Crippen LogP contribution in [0.3, 0.4) is 0 Å². The summed E-state index contributed by atoms with van der Waals surface area (Å²) in [4.78, 5) is 45.6. The van der Waals surface area contributed by atoms with Crippen LogP contribution in [-0.2, 0) is 14.4 Å². The summed E-state index contributed by atoms with van der Waals surface area (Å²) in [5.74, 6) is -0.243. The van der Waals surface area contributed by atoms with Crippen LogP contribution < -0.4 is 10.1 Å². The topological polar surface area (TPSA) is 110 Å². The number of carbonyl (C=O) groups is 4. The number of imide groups is 1. The first-order valence-electron chi connectivity index (χ1n) is 12.3. The molecule has 1 aromatic rings. The van der Waals surface area contributed by atoms with Crippen LogP contribution in [0.15, 0.2) is 23.1 Å². The van der Waals surface area contributed by atoms with Crippen molar-refractivity contribution in [2.24, 2.45) is 11.8 Å². The molecule has 190 valence electrons. The van der Waals surface area contributed by atoms with Gasteiger partial charge < -0.3 is 9.84 Å². The van der Waals surface area contributed by atoms with Gasteiger partial charge in [-0.1, -0.05) is 62.3 Å². The fourth-order valence-electron chi connectivity index (χ4n) is 4.71. The summed E-state index contributed by atoms with van der Waals surface area (Å²) in [5.41, 5.74) is 0.525. The lowest BCUT2D eigenvalue weighted by Crippen LogP contribution is -2.17. The number of ether oxygens (including phenoxy) is 1. The summed E-state index contributed by atoms with van der Waals surface area (Å²) in [7, 11) is 0. The van der Waals surface area contributed by atoms with Crippen LogP contribution in [0.25, 0.3) is 6.08 Å². The Balaban J connectivity index is 0.000000287. The number of amides is 2. The molecule has 1 aliphatic heterocycles. The van der Waals surface area contributed by atoms with Gasteiger partial charge in [-0.15, -0.1) is 0 Å². The van der Waals surface area contributed by atoms with Gasteiger partial charge in [0.05, 0.1) is 9.93 Å². The Bertz CT molecular complexity index is 967. The molecule has 1 saturated heterocycles. The molecule has 7 nitrogen and oxygen atoms in total. The zero-order valence-electron chi connectivity index (χ0n) is 19.7. The third-order valence-corrected chi connectivity index (χ3v) is 7.73. The SMILES string of the molecule is O=C(CC1CCCCC1)Oc1cccc(/C=C2\SC(=O)NC2=O)c1Cl.O=C(O)CC1CCCCC1. The van der Waals surface area contributed by atoms with E-state index in [4.69, 9.17) is 21.4 Å². The molecular weight excluding hydrogens is 490 g/mol. The average molecular weight is 522 g/mol. The van der Waals surface area contributed by atoms with E-state index in [1.807, 2.05) is 0 Å². The molecule has 2 aliphatic carbocycles. The maximum absolute atomic E-state index is 12.2. The fraction of sp³-hybridized carbons (Fsp3) is 0.538. The highest BCUT2D eigenvalue weighted by molar-refractivity contribution is 8.18. The lowest BCUT2D eigenvalue weighted by atomic mass is 9.87. The number of benzene rings is 1. The van der Waals surface area contributed by atoms with E-state index in [1.54, 1.807) is 18.2 Å². The highest BCUT2D eigenvalue weighted by atomic mass is 35.5. The fourth-order valence-corrected chi connectivity index (χ4v) is 5.60. The van der Waals surface area contributed by atoms with E-state index in [9.17, 15) is 19.2 Å². The van der Waals surface area contributed by atoms with Crippen LogP contribution in [0.1, 0.15) is 82.6 Å². The minimum atomic E-state index is -0.632. The van der Waals surface area contributed by atoms with Gasteiger partial charge in [0.2, 0.25) is 0 Å². The van der Waals surface area contributed by atoms with Gasteiger partial charge in [-0.2, -0.15) is 0 Å². The second kappa shape index (κ2) is 13.7. The monoisotopic (exact) mass is 521 g/mol. The van der Waals surface area contributed by atoms with Gasteiger partial charge in [0.1, 0.15) is 5.75 Å². The summed E-state index contributed by atoms with van der Waals surface area (Å²) < 4.78 is 5.43. The molecule has 9 heteroatoms. The Morgan fingerprint density at radius 2 is 1.60 bits per heavy atom. The van der Waals surface area contributed by atoms with Crippen LogP contribution in [0.4, 0.5) is 4.79 Å². The number of carbonyl (C=O) groups excluding carboxylic acids is 3. The first-order valence-corrected chi connectivity index (χ1v) is 13.5. The number of hydrogen-bond acceptors (Lipinski definition) is 6. The predicted octanol–water partition coefficient (Wildman–Crippen LogP) is 6.58. The quantitative estimate of drug-likeness (QED) is 0.247. The van der Waals surface area contributed by atoms with Gasteiger partial charge in [0, 0.05) is 12.8 Å². The van der Waals surface area contributed by atoms with Crippen LogP contribution in [0.2, 0.25) is 5.02 Å². The van der Waals surface area contributed by atoms with Gasteiger partial charge in [-0.3, -0.25) is 24.5 Å². The van der Waals surface area contributed by atoms with E-state index >= 15 is 0 Å². The molecule has 0 bridgehead atoms. The van der Waals surface area contributed by atoms with Gasteiger partial charge in [-0.05, 0) is 67.0 Å². The summed E-state index contributed by atoms with van der Waals surface area (Å²) in [5, 5.41) is 10.5. The van der Waals surface area contributed by atoms with Gasteiger partial charge >= 0.3 is 11.9 Å². The molecule has 2 saturated carbocycles. The standard InChI is InChI=1S/C18H18ClNO4S.C8H14O2/c19-16-12(10-14-17(22)20-18(23)25-14)7-4-8-13(16)24-15(21)9-11-5-2-1-3-6-11;9-8(10)6-7-4-2-1-3-5-7/h4,7-8,10-11H,1-3,5-6,9H2,(H,20,22,23);7H,1-6H2,(H,9,10)/b14-10-;. The molecule has 3 aliphatic rings. The number of thioether (sulfide) groups is 1. The predicted molar refractivity (Wildman–Crippen MR) is 136 cm³/mol. The summed E-state index contributed by atoms with van der Waals surface area (Å²) >= 11 is 7.13. The Labute approximate surface area is 215 Å². The molecule has 0 aromatic heterocycles. The van der Waals surface area contributed by atoms with Crippen molar-refractivity contribution < 1.29 is 29.0 Å². The average Bonchev–Trinajstić information content (AvgIpc) is 3.14. The van der Waals surface area contributed by atoms with Crippen molar-refractivity contribution in [1.29, 1.82) is 0 Å². The second-order valence-electron chi connectivity index (χ2n) is 9.30. The summed E-state index contributed by atoms with van der Waals surface area (Å²) in [6.45, 7) is 0. The number of hydrogen-bond donors (Lipinski definition) is 2. The van der Waals surface area contributed by atoms with E-state index in [0.29, 0.717) is 30.2 Å². The van der Waals surface area contributed by atoms with Crippen LogP contribution >= 0.6 is 23.4 Å². The molecule has 1 aromatic carbocycles. The molecule has 1 heterocycles.